The third-order valence-corrected chi connectivity index (χ3v) is 3.07. The normalized spacial score (nSPS) is 11.1. The molecule has 1 aromatic carbocycles. The first-order valence-electron chi connectivity index (χ1n) is 5.88. The minimum absolute atomic E-state index is 0.0212. The molecule has 1 aromatic rings. The van der Waals surface area contributed by atoms with E-state index >= 15 is 0 Å². The number of phenolic OH excluding ortho intramolecular Hbond substituents is 1. The number of amides is 1. The van der Waals surface area contributed by atoms with Crippen LogP contribution in [0.1, 0.15) is 19.4 Å². The lowest BCUT2D eigenvalue weighted by molar-refractivity contribution is -0.117. The zero-order valence-electron chi connectivity index (χ0n) is 11.4. The second kappa shape index (κ2) is 6.96. The molecule has 0 spiro atoms. The summed E-state index contributed by atoms with van der Waals surface area (Å²) in [6.07, 6.45) is 1.43. The zero-order valence-corrected chi connectivity index (χ0v) is 13.0. The van der Waals surface area contributed by atoms with E-state index in [1.807, 2.05) is 19.9 Å². The molecule has 0 atom stereocenters. The smallest absolute Gasteiger partial charge is 0.262 e. The van der Waals surface area contributed by atoms with Gasteiger partial charge in [-0.05, 0) is 37.6 Å². The second-order valence-corrected chi connectivity index (χ2v) is 5.20. The maximum absolute atomic E-state index is 11.8. The van der Waals surface area contributed by atoms with Crippen molar-refractivity contribution in [1.82, 2.24) is 5.32 Å². The first-order valence-corrected chi connectivity index (χ1v) is 6.67. The minimum Gasteiger partial charge on any atom is -0.504 e. The summed E-state index contributed by atoms with van der Waals surface area (Å²) in [5.74, 6) is -0.205. The standard InChI is InChI=1S/C14H15BrN2O3/c1-8(2)17-14(19)10(7-16)4-9-5-13(20-3)12(18)6-11(9)15/h4-6,8,18H,1-3H3,(H,17,19)/b10-4-. The van der Waals surface area contributed by atoms with Crippen LogP contribution in [0.2, 0.25) is 0 Å². The monoisotopic (exact) mass is 338 g/mol. The molecule has 0 aliphatic carbocycles. The average molecular weight is 339 g/mol. The molecule has 0 saturated carbocycles. The molecule has 0 heterocycles. The molecule has 2 N–H and O–H groups in total. The fourth-order valence-corrected chi connectivity index (χ4v) is 1.92. The van der Waals surface area contributed by atoms with Gasteiger partial charge in [0.15, 0.2) is 11.5 Å². The lowest BCUT2D eigenvalue weighted by atomic mass is 10.1. The topological polar surface area (TPSA) is 82.3 Å². The van der Waals surface area contributed by atoms with Crippen LogP contribution < -0.4 is 10.1 Å². The molecule has 106 valence electrons. The van der Waals surface area contributed by atoms with E-state index in [0.717, 1.165) is 0 Å². The summed E-state index contributed by atoms with van der Waals surface area (Å²) >= 11 is 3.27. The lowest BCUT2D eigenvalue weighted by Gasteiger charge is -2.09. The summed E-state index contributed by atoms with van der Waals surface area (Å²) < 4.78 is 5.55. The van der Waals surface area contributed by atoms with Crippen LogP contribution in [0.5, 0.6) is 11.5 Å². The van der Waals surface area contributed by atoms with E-state index in [-0.39, 0.29) is 23.1 Å². The van der Waals surface area contributed by atoms with E-state index in [0.29, 0.717) is 10.0 Å². The maximum Gasteiger partial charge on any atom is 0.262 e. The Morgan fingerprint density at radius 3 is 2.70 bits per heavy atom. The van der Waals surface area contributed by atoms with Crippen LogP contribution in [0, 0.1) is 11.3 Å². The Morgan fingerprint density at radius 1 is 1.55 bits per heavy atom. The highest BCUT2D eigenvalue weighted by Crippen LogP contribution is 2.33. The van der Waals surface area contributed by atoms with E-state index in [4.69, 9.17) is 10.00 Å². The molecule has 0 aromatic heterocycles. The van der Waals surface area contributed by atoms with Gasteiger partial charge in [-0.3, -0.25) is 4.79 Å². The molecule has 1 amide bonds. The average Bonchev–Trinajstić information content (AvgIpc) is 2.36. The van der Waals surface area contributed by atoms with E-state index in [1.165, 1.54) is 19.3 Å². The predicted octanol–water partition coefficient (Wildman–Crippen LogP) is 2.59. The number of halogens is 1. The van der Waals surface area contributed by atoms with Gasteiger partial charge in [-0.15, -0.1) is 0 Å². The highest BCUT2D eigenvalue weighted by molar-refractivity contribution is 9.10. The molecule has 20 heavy (non-hydrogen) atoms. The summed E-state index contributed by atoms with van der Waals surface area (Å²) in [4.78, 5) is 11.8. The Kier molecular flexibility index (Phi) is 5.59. The molecule has 0 fully saturated rings. The van der Waals surface area contributed by atoms with E-state index in [2.05, 4.69) is 21.2 Å². The molecule has 0 aliphatic rings. The number of nitriles is 1. The summed E-state index contributed by atoms with van der Waals surface area (Å²) in [5.41, 5.74) is 0.544. The number of carbonyl (C=O) groups is 1. The quantitative estimate of drug-likeness (QED) is 0.653. The molecular formula is C14H15BrN2O3. The molecule has 6 heteroatoms. The van der Waals surface area contributed by atoms with Gasteiger partial charge in [-0.25, -0.2) is 0 Å². The van der Waals surface area contributed by atoms with E-state index < -0.39 is 5.91 Å². The van der Waals surface area contributed by atoms with Crippen LogP contribution in [0.4, 0.5) is 0 Å². The van der Waals surface area contributed by atoms with Gasteiger partial charge in [0, 0.05) is 10.5 Å². The predicted molar refractivity (Wildman–Crippen MR) is 79.2 cm³/mol. The number of hydrogen-bond donors (Lipinski definition) is 2. The van der Waals surface area contributed by atoms with Crippen LogP contribution in [-0.4, -0.2) is 24.2 Å². The first-order chi connectivity index (χ1) is 9.38. The van der Waals surface area contributed by atoms with Gasteiger partial charge in [-0.1, -0.05) is 15.9 Å². The summed E-state index contributed by atoms with van der Waals surface area (Å²) in [6.45, 7) is 3.62. The number of hydrogen-bond acceptors (Lipinski definition) is 4. The molecule has 0 bridgehead atoms. The number of carbonyl (C=O) groups excluding carboxylic acids is 1. The number of methoxy groups -OCH3 is 1. The van der Waals surface area contributed by atoms with Gasteiger partial charge in [-0.2, -0.15) is 5.26 Å². The Balaban J connectivity index is 3.20. The van der Waals surface area contributed by atoms with Gasteiger partial charge >= 0.3 is 0 Å². The highest BCUT2D eigenvalue weighted by Gasteiger charge is 2.12. The van der Waals surface area contributed by atoms with Gasteiger partial charge in [0.25, 0.3) is 5.91 Å². The van der Waals surface area contributed by atoms with Crippen LogP contribution >= 0.6 is 15.9 Å². The number of phenols is 1. The molecule has 0 unspecified atom stereocenters. The Bertz CT molecular complexity index is 589. The van der Waals surface area contributed by atoms with Crippen molar-refractivity contribution < 1.29 is 14.6 Å². The summed E-state index contributed by atoms with van der Waals surface area (Å²) in [5, 5.41) is 21.3. The second-order valence-electron chi connectivity index (χ2n) is 4.34. The molecular weight excluding hydrogens is 324 g/mol. The third kappa shape index (κ3) is 4.00. The first kappa shape index (κ1) is 16.1. The number of aromatic hydroxyl groups is 1. The fourth-order valence-electron chi connectivity index (χ4n) is 1.48. The van der Waals surface area contributed by atoms with Crippen molar-refractivity contribution in [3.8, 4) is 17.6 Å². The number of rotatable bonds is 4. The summed E-state index contributed by atoms with van der Waals surface area (Å²) in [7, 11) is 1.42. The van der Waals surface area contributed by atoms with Crippen LogP contribution in [-0.2, 0) is 4.79 Å². The van der Waals surface area contributed by atoms with Crippen molar-refractivity contribution >= 4 is 27.9 Å². The molecule has 0 aliphatic heterocycles. The largest absolute Gasteiger partial charge is 0.504 e. The van der Waals surface area contributed by atoms with Crippen LogP contribution in [0.3, 0.4) is 0 Å². The molecule has 0 saturated heterocycles. The Morgan fingerprint density at radius 2 is 2.20 bits per heavy atom. The molecule has 5 nitrogen and oxygen atoms in total. The van der Waals surface area contributed by atoms with Gasteiger partial charge in [0.05, 0.1) is 7.11 Å². The maximum atomic E-state index is 11.8. The van der Waals surface area contributed by atoms with Crippen LogP contribution in [0.15, 0.2) is 22.2 Å². The summed E-state index contributed by atoms with van der Waals surface area (Å²) in [6, 6.07) is 4.79. The lowest BCUT2D eigenvalue weighted by Crippen LogP contribution is -2.30. The highest BCUT2D eigenvalue weighted by atomic mass is 79.9. The van der Waals surface area contributed by atoms with Crippen LogP contribution in [0.25, 0.3) is 6.08 Å². The number of nitrogens with one attached hydrogen (secondary N) is 1. The van der Waals surface area contributed by atoms with Gasteiger partial charge in [0.1, 0.15) is 11.6 Å². The van der Waals surface area contributed by atoms with Crippen molar-refractivity contribution in [1.29, 1.82) is 5.26 Å². The van der Waals surface area contributed by atoms with Crippen molar-refractivity contribution in [2.24, 2.45) is 0 Å². The number of benzene rings is 1. The van der Waals surface area contributed by atoms with Crippen molar-refractivity contribution in [2.75, 3.05) is 7.11 Å². The Hall–Kier alpha value is -2.00. The van der Waals surface area contributed by atoms with Gasteiger partial charge in [0.2, 0.25) is 0 Å². The zero-order chi connectivity index (χ0) is 15.3. The van der Waals surface area contributed by atoms with Crippen molar-refractivity contribution in [3.63, 3.8) is 0 Å². The van der Waals surface area contributed by atoms with Crippen molar-refractivity contribution in [2.45, 2.75) is 19.9 Å². The van der Waals surface area contributed by atoms with Gasteiger partial charge < -0.3 is 15.2 Å². The minimum atomic E-state index is -0.443. The van der Waals surface area contributed by atoms with E-state index in [9.17, 15) is 9.90 Å². The third-order valence-electron chi connectivity index (χ3n) is 2.38. The molecule has 0 radical (unpaired) electrons. The molecule has 1 rings (SSSR count). The number of nitrogens with zero attached hydrogens (tertiary/aromatic N) is 1. The Labute approximate surface area is 126 Å². The SMILES string of the molecule is COc1cc(/C=C(/C#N)C(=O)NC(C)C)c(Br)cc1O. The number of ether oxygens (including phenoxy) is 1. The van der Waals surface area contributed by atoms with Crippen molar-refractivity contribution in [3.05, 3.63) is 27.7 Å². The fraction of sp³-hybridized carbons (Fsp3) is 0.286. The van der Waals surface area contributed by atoms with E-state index in [1.54, 1.807) is 6.07 Å².